The molecule has 1 aliphatic heterocycles. The smallest absolute Gasteiger partial charge is 0.306 e. The molecule has 172 valence electrons. The van der Waals surface area contributed by atoms with Crippen LogP contribution in [0, 0.1) is 0 Å². The maximum absolute atomic E-state index is 12.7. The van der Waals surface area contributed by atoms with Crippen LogP contribution in [0.1, 0.15) is 12.8 Å². The maximum Gasteiger partial charge on any atom is 0.306 e. The van der Waals surface area contributed by atoms with E-state index in [0.717, 1.165) is 0 Å². The number of methoxy groups -OCH3 is 1. The zero-order valence-corrected chi connectivity index (χ0v) is 19.3. The van der Waals surface area contributed by atoms with Crippen molar-refractivity contribution in [3.05, 3.63) is 24.3 Å². The van der Waals surface area contributed by atoms with Crippen molar-refractivity contribution in [3.63, 3.8) is 0 Å². The van der Waals surface area contributed by atoms with Crippen LogP contribution in [0.25, 0.3) is 0 Å². The summed E-state index contributed by atoms with van der Waals surface area (Å²) < 4.78 is 36.6. The van der Waals surface area contributed by atoms with Crippen LogP contribution in [0.5, 0.6) is 0 Å². The monoisotopic (exact) mass is 472 g/mol. The molecule has 0 aromatic heterocycles. The van der Waals surface area contributed by atoms with Crippen LogP contribution in [0.15, 0.2) is 29.2 Å². The summed E-state index contributed by atoms with van der Waals surface area (Å²) in [5.41, 5.74) is 0.529. The second-order valence-corrected chi connectivity index (χ2v) is 9.29. The van der Waals surface area contributed by atoms with E-state index in [9.17, 15) is 18.0 Å². The van der Waals surface area contributed by atoms with Gasteiger partial charge in [-0.2, -0.15) is 4.31 Å². The van der Waals surface area contributed by atoms with E-state index in [1.165, 1.54) is 23.5 Å². The number of esters is 1. The Morgan fingerprint density at radius 2 is 1.71 bits per heavy atom. The number of hydrogen-bond donors (Lipinski definition) is 2. The van der Waals surface area contributed by atoms with E-state index in [1.807, 2.05) is 7.05 Å². The number of benzene rings is 1. The van der Waals surface area contributed by atoms with E-state index in [2.05, 4.69) is 15.5 Å². The lowest BCUT2D eigenvalue weighted by molar-refractivity contribution is -0.146. The summed E-state index contributed by atoms with van der Waals surface area (Å²) in [6, 6.07) is 6.15. The molecule has 0 radical (unpaired) electrons. The van der Waals surface area contributed by atoms with E-state index in [4.69, 9.17) is 21.7 Å². The Morgan fingerprint density at radius 3 is 2.32 bits per heavy atom. The number of carbonyl (C=O) groups excluding carboxylic acids is 2. The molecular weight excluding hydrogens is 444 g/mol. The largest absolute Gasteiger partial charge is 0.463 e. The average Bonchev–Trinajstić information content (AvgIpc) is 2.73. The summed E-state index contributed by atoms with van der Waals surface area (Å²) in [7, 11) is -0.0947. The molecule has 2 N–H and O–H groups in total. The molecule has 0 spiro atoms. The summed E-state index contributed by atoms with van der Waals surface area (Å²) in [6.07, 6.45) is -0.146. The number of sulfonamides is 1. The van der Waals surface area contributed by atoms with Crippen LogP contribution >= 0.6 is 12.2 Å². The third-order valence-corrected chi connectivity index (χ3v) is 6.69. The Morgan fingerprint density at radius 1 is 1.06 bits per heavy atom. The fraction of sp³-hybridized carbons (Fsp3) is 0.526. The first kappa shape index (κ1) is 25.1. The molecule has 12 heteroatoms. The van der Waals surface area contributed by atoms with E-state index >= 15 is 0 Å². The van der Waals surface area contributed by atoms with Crippen LogP contribution in [0.2, 0.25) is 0 Å². The third kappa shape index (κ3) is 8.15. The Hall–Kier alpha value is -2.12. The van der Waals surface area contributed by atoms with Gasteiger partial charge in [-0.05, 0) is 43.5 Å². The molecule has 1 amide bonds. The van der Waals surface area contributed by atoms with Crippen molar-refractivity contribution in [1.82, 2.24) is 14.5 Å². The minimum Gasteiger partial charge on any atom is -0.463 e. The molecule has 0 aliphatic carbocycles. The molecule has 31 heavy (non-hydrogen) atoms. The second-order valence-electron chi connectivity index (χ2n) is 6.95. The summed E-state index contributed by atoms with van der Waals surface area (Å²) in [4.78, 5) is 25.7. The highest BCUT2D eigenvalue weighted by molar-refractivity contribution is 7.89. The highest BCUT2D eigenvalue weighted by Crippen LogP contribution is 2.19. The first-order chi connectivity index (χ1) is 14.7. The van der Waals surface area contributed by atoms with Gasteiger partial charge in [-0.15, -0.1) is 0 Å². The molecule has 1 fully saturated rings. The minimum absolute atomic E-state index is 0.0485. The van der Waals surface area contributed by atoms with Crippen LogP contribution in [0.4, 0.5) is 5.69 Å². The number of likely N-dealkylation sites (N-methyl/N-ethyl adjacent to an activating group) is 1. The topological polar surface area (TPSA) is 117 Å². The number of piperazine rings is 1. The molecule has 1 aromatic rings. The van der Waals surface area contributed by atoms with Gasteiger partial charge < -0.3 is 25.0 Å². The normalized spacial score (nSPS) is 15.3. The summed E-state index contributed by atoms with van der Waals surface area (Å²) in [5, 5.41) is 5.34. The summed E-state index contributed by atoms with van der Waals surface area (Å²) in [6.45, 7) is 2.72. The standard InChI is InChI=1S/C19H28N4O6S2/c1-22-9-11-23(12-10-22)31(26,27)16-5-3-15(4-6-16)20-19(30)21-17(24)7-8-18(25)29-14-13-28-2/h3-6H,7-14H2,1-2H3,(H2,20,21,24,30). The van der Waals surface area contributed by atoms with Gasteiger partial charge in [0.25, 0.3) is 0 Å². The Kier molecular flexibility index (Phi) is 9.78. The van der Waals surface area contributed by atoms with Gasteiger partial charge in [0.15, 0.2) is 5.11 Å². The quantitative estimate of drug-likeness (QED) is 0.299. The van der Waals surface area contributed by atoms with Crippen molar-refractivity contribution in [2.75, 3.05) is 58.9 Å². The lowest BCUT2D eigenvalue weighted by Gasteiger charge is -2.31. The number of nitrogens with zero attached hydrogens (tertiary/aromatic N) is 2. The average molecular weight is 473 g/mol. The van der Waals surface area contributed by atoms with E-state index in [0.29, 0.717) is 38.5 Å². The van der Waals surface area contributed by atoms with Gasteiger partial charge in [-0.1, -0.05) is 0 Å². The van der Waals surface area contributed by atoms with Crippen molar-refractivity contribution in [3.8, 4) is 0 Å². The number of thiocarbonyl (C=S) groups is 1. The van der Waals surface area contributed by atoms with Crippen molar-refractivity contribution < 1.29 is 27.5 Å². The molecule has 0 saturated carbocycles. The zero-order valence-electron chi connectivity index (χ0n) is 17.6. The Labute approximate surface area is 187 Å². The molecule has 0 unspecified atom stereocenters. The van der Waals surface area contributed by atoms with Crippen LogP contribution < -0.4 is 10.6 Å². The SMILES string of the molecule is COCCOC(=O)CCC(=O)NC(=S)Nc1ccc(S(=O)(=O)N2CCN(C)CC2)cc1. The summed E-state index contributed by atoms with van der Waals surface area (Å²) >= 11 is 5.09. The van der Waals surface area contributed by atoms with Crippen molar-refractivity contribution in [2.45, 2.75) is 17.7 Å². The predicted octanol–water partition coefficient (Wildman–Crippen LogP) is 0.406. The molecule has 1 heterocycles. The van der Waals surface area contributed by atoms with Crippen LogP contribution in [-0.2, 0) is 29.1 Å². The van der Waals surface area contributed by atoms with E-state index < -0.39 is 21.9 Å². The van der Waals surface area contributed by atoms with Gasteiger partial charge in [0, 0.05) is 45.4 Å². The van der Waals surface area contributed by atoms with Gasteiger partial charge in [-0.25, -0.2) is 8.42 Å². The van der Waals surface area contributed by atoms with Gasteiger partial charge in [0.05, 0.1) is 17.9 Å². The predicted molar refractivity (Wildman–Crippen MR) is 119 cm³/mol. The maximum atomic E-state index is 12.7. The van der Waals surface area contributed by atoms with E-state index in [1.54, 1.807) is 12.1 Å². The molecule has 0 atom stereocenters. The number of rotatable bonds is 9. The number of amides is 1. The lowest BCUT2D eigenvalue weighted by atomic mass is 10.3. The minimum atomic E-state index is -3.55. The zero-order chi connectivity index (χ0) is 22.9. The molecular formula is C19H28N4O6S2. The highest BCUT2D eigenvalue weighted by atomic mass is 32.2. The third-order valence-electron chi connectivity index (χ3n) is 4.57. The summed E-state index contributed by atoms with van der Waals surface area (Å²) in [5.74, 6) is -0.932. The number of anilines is 1. The Balaban J connectivity index is 1.81. The molecule has 0 bridgehead atoms. The van der Waals surface area contributed by atoms with Crippen LogP contribution in [0.3, 0.4) is 0 Å². The van der Waals surface area contributed by atoms with Gasteiger partial charge in [0.1, 0.15) is 6.61 Å². The molecule has 1 aliphatic rings. The first-order valence-electron chi connectivity index (χ1n) is 9.76. The van der Waals surface area contributed by atoms with Crippen LogP contribution in [-0.4, -0.2) is 88.2 Å². The van der Waals surface area contributed by atoms with Crippen molar-refractivity contribution >= 4 is 44.9 Å². The van der Waals surface area contributed by atoms with Gasteiger partial charge >= 0.3 is 5.97 Å². The fourth-order valence-corrected chi connectivity index (χ4v) is 4.42. The number of ether oxygens (including phenoxy) is 2. The number of nitrogens with one attached hydrogen (secondary N) is 2. The molecule has 2 rings (SSSR count). The lowest BCUT2D eigenvalue weighted by Crippen LogP contribution is -2.46. The first-order valence-corrected chi connectivity index (χ1v) is 11.6. The molecule has 1 aromatic carbocycles. The second kappa shape index (κ2) is 12.1. The van der Waals surface area contributed by atoms with Gasteiger partial charge in [0.2, 0.25) is 15.9 Å². The molecule has 1 saturated heterocycles. The van der Waals surface area contributed by atoms with Crippen molar-refractivity contribution in [1.29, 1.82) is 0 Å². The highest BCUT2D eigenvalue weighted by Gasteiger charge is 2.27. The number of hydrogen-bond acceptors (Lipinski definition) is 8. The fourth-order valence-electron chi connectivity index (χ4n) is 2.77. The van der Waals surface area contributed by atoms with E-state index in [-0.39, 0.29) is 29.5 Å². The molecule has 10 nitrogen and oxygen atoms in total. The van der Waals surface area contributed by atoms with Gasteiger partial charge in [-0.3, -0.25) is 9.59 Å². The number of carbonyl (C=O) groups is 2. The Bertz CT molecular complexity index is 868. The van der Waals surface area contributed by atoms with Crippen molar-refractivity contribution in [2.24, 2.45) is 0 Å².